The van der Waals surface area contributed by atoms with Crippen LogP contribution in [-0.2, 0) is 0 Å². The lowest BCUT2D eigenvalue weighted by molar-refractivity contribution is 0.338. The zero-order valence-corrected chi connectivity index (χ0v) is 9.34. The third kappa shape index (κ3) is 2.87. The summed E-state index contributed by atoms with van der Waals surface area (Å²) in [5.41, 5.74) is -0.162. The highest BCUT2D eigenvalue weighted by molar-refractivity contribution is 7.98. The van der Waals surface area contributed by atoms with Crippen molar-refractivity contribution in [2.45, 2.75) is 11.8 Å². The lowest BCUT2D eigenvalue weighted by Crippen LogP contribution is -2.33. The van der Waals surface area contributed by atoms with E-state index in [-0.39, 0.29) is 5.46 Å². The maximum Gasteiger partial charge on any atom is 0.491 e. The van der Waals surface area contributed by atoms with Crippen molar-refractivity contribution in [1.82, 2.24) is 0 Å². The number of hydrogen-bond acceptors (Lipinski definition) is 4. The van der Waals surface area contributed by atoms with Gasteiger partial charge >= 0.3 is 7.12 Å². The van der Waals surface area contributed by atoms with Gasteiger partial charge < -0.3 is 14.8 Å². The average molecular weight is 230 g/mol. The number of ether oxygens (including phenoxy) is 1. The molecule has 0 aliphatic rings. The molecule has 0 radical (unpaired) electrons. The highest BCUT2D eigenvalue weighted by Gasteiger charge is 2.20. The Labute approximate surface area is 92.4 Å². The Morgan fingerprint density at radius 2 is 2.13 bits per heavy atom. The van der Waals surface area contributed by atoms with Crippen LogP contribution in [0.5, 0.6) is 5.75 Å². The second kappa shape index (κ2) is 5.39. The summed E-state index contributed by atoms with van der Waals surface area (Å²) in [6.45, 7) is 2.25. The van der Waals surface area contributed by atoms with Gasteiger partial charge in [0.15, 0.2) is 0 Å². The molecule has 0 aromatic heterocycles. The molecule has 1 aromatic rings. The third-order valence-electron chi connectivity index (χ3n) is 1.85. The van der Waals surface area contributed by atoms with Crippen LogP contribution < -0.4 is 10.2 Å². The van der Waals surface area contributed by atoms with Gasteiger partial charge in [0.2, 0.25) is 0 Å². The molecule has 3 nitrogen and oxygen atoms in total. The molecule has 2 N–H and O–H groups in total. The smallest absolute Gasteiger partial charge is 0.491 e. The third-order valence-corrected chi connectivity index (χ3v) is 2.59. The van der Waals surface area contributed by atoms with E-state index in [1.54, 1.807) is 13.2 Å². The molecule has 1 aromatic carbocycles. The number of thioether (sulfide) groups is 1. The highest BCUT2D eigenvalue weighted by Crippen LogP contribution is 2.23. The Morgan fingerprint density at radius 3 is 2.60 bits per heavy atom. The molecule has 0 unspecified atom stereocenters. The maximum atomic E-state index is 13.5. The molecule has 0 fully saturated rings. The molecular formula is C9H12BFO3S. The quantitative estimate of drug-likeness (QED) is 0.588. The van der Waals surface area contributed by atoms with E-state index in [2.05, 4.69) is 0 Å². The van der Waals surface area contributed by atoms with Crippen LogP contribution in [0, 0.1) is 5.82 Å². The molecule has 0 bridgehead atoms. The van der Waals surface area contributed by atoms with Crippen LogP contribution in [0.2, 0.25) is 0 Å². The van der Waals surface area contributed by atoms with E-state index in [0.29, 0.717) is 17.3 Å². The van der Waals surface area contributed by atoms with Gasteiger partial charge in [0.25, 0.3) is 0 Å². The predicted molar refractivity (Wildman–Crippen MR) is 59.2 cm³/mol. The van der Waals surface area contributed by atoms with Gasteiger partial charge in [-0.1, -0.05) is 0 Å². The first-order chi connectivity index (χ1) is 7.10. The van der Waals surface area contributed by atoms with Gasteiger partial charge in [0.05, 0.1) is 6.61 Å². The molecule has 0 heterocycles. The molecule has 0 saturated carbocycles. The number of rotatable bonds is 4. The molecular weight excluding hydrogens is 218 g/mol. The van der Waals surface area contributed by atoms with E-state index >= 15 is 0 Å². The minimum atomic E-state index is -1.82. The van der Waals surface area contributed by atoms with Gasteiger partial charge in [-0.15, -0.1) is 11.8 Å². The molecule has 0 atom stereocenters. The summed E-state index contributed by atoms with van der Waals surface area (Å²) in [7, 11) is -1.82. The number of benzene rings is 1. The predicted octanol–water partition coefficient (Wildman–Crippen LogP) is 0.626. The maximum absolute atomic E-state index is 13.5. The van der Waals surface area contributed by atoms with Gasteiger partial charge in [-0.2, -0.15) is 0 Å². The molecule has 0 aliphatic carbocycles. The number of halogens is 1. The second-order valence-corrected chi connectivity index (χ2v) is 3.68. The van der Waals surface area contributed by atoms with Crippen molar-refractivity contribution in [3.8, 4) is 5.75 Å². The molecule has 15 heavy (non-hydrogen) atoms. The fraction of sp³-hybridized carbons (Fsp3) is 0.333. The van der Waals surface area contributed by atoms with Crippen molar-refractivity contribution in [3.63, 3.8) is 0 Å². The summed E-state index contributed by atoms with van der Waals surface area (Å²) in [5.74, 6) is -0.174. The summed E-state index contributed by atoms with van der Waals surface area (Å²) in [6.07, 6.45) is 1.71. The summed E-state index contributed by atoms with van der Waals surface area (Å²) in [6, 6.07) is 2.83. The first kappa shape index (κ1) is 12.4. The van der Waals surface area contributed by atoms with E-state index in [0.717, 1.165) is 0 Å². The SMILES string of the molecule is CCOc1cc(SC)c(F)c(B(O)O)c1. The standard InChI is InChI=1S/C9H12BFO3S/c1-3-14-6-4-7(10(12)13)9(11)8(5-6)15-2/h4-5,12-13H,3H2,1-2H3. The Morgan fingerprint density at radius 1 is 1.47 bits per heavy atom. The Balaban J connectivity index is 3.19. The molecule has 0 saturated heterocycles. The van der Waals surface area contributed by atoms with E-state index in [1.807, 2.05) is 0 Å². The Hall–Kier alpha value is -0.715. The van der Waals surface area contributed by atoms with Crippen molar-refractivity contribution in [2.75, 3.05) is 12.9 Å². The van der Waals surface area contributed by atoms with E-state index in [4.69, 9.17) is 14.8 Å². The lowest BCUT2D eigenvalue weighted by atomic mass is 9.80. The van der Waals surface area contributed by atoms with Crippen molar-refractivity contribution >= 4 is 24.3 Å². The van der Waals surface area contributed by atoms with Crippen LogP contribution in [0.15, 0.2) is 17.0 Å². The second-order valence-electron chi connectivity index (χ2n) is 2.84. The topological polar surface area (TPSA) is 49.7 Å². The van der Waals surface area contributed by atoms with Gasteiger partial charge in [-0.05, 0) is 25.3 Å². The fourth-order valence-electron chi connectivity index (χ4n) is 1.18. The molecule has 0 aliphatic heterocycles. The first-order valence-corrected chi connectivity index (χ1v) is 5.69. The minimum Gasteiger partial charge on any atom is -0.494 e. The zero-order valence-electron chi connectivity index (χ0n) is 8.53. The molecule has 0 spiro atoms. The zero-order chi connectivity index (χ0) is 11.4. The van der Waals surface area contributed by atoms with E-state index in [1.165, 1.54) is 23.9 Å². The molecule has 6 heteroatoms. The summed E-state index contributed by atoms with van der Waals surface area (Å²) in [5, 5.41) is 17.9. The normalized spacial score (nSPS) is 10.2. The lowest BCUT2D eigenvalue weighted by Gasteiger charge is -2.10. The van der Waals surface area contributed by atoms with Crippen molar-refractivity contribution < 1.29 is 19.2 Å². The summed E-state index contributed by atoms with van der Waals surface area (Å²) >= 11 is 1.19. The average Bonchev–Trinajstić information content (AvgIpc) is 2.20. The van der Waals surface area contributed by atoms with Crippen LogP contribution >= 0.6 is 11.8 Å². The van der Waals surface area contributed by atoms with Crippen molar-refractivity contribution in [3.05, 3.63) is 17.9 Å². The van der Waals surface area contributed by atoms with Gasteiger partial charge in [-0.3, -0.25) is 0 Å². The van der Waals surface area contributed by atoms with E-state index < -0.39 is 12.9 Å². The Bertz CT molecular complexity index is 346. The van der Waals surface area contributed by atoms with Gasteiger partial charge in [0, 0.05) is 10.4 Å². The largest absolute Gasteiger partial charge is 0.494 e. The Kier molecular flexibility index (Phi) is 4.44. The van der Waals surface area contributed by atoms with E-state index in [9.17, 15) is 4.39 Å². The fourth-order valence-corrected chi connectivity index (χ4v) is 1.71. The molecule has 82 valence electrons. The van der Waals surface area contributed by atoms with Crippen molar-refractivity contribution in [2.24, 2.45) is 0 Å². The number of hydrogen-bond donors (Lipinski definition) is 2. The first-order valence-electron chi connectivity index (χ1n) is 4.46. The van der Waals surface area contributed by atoms with Crippen LogP contribution in [0.1, 0.15) is 6.92 Å². The van der Waals surface area contributed by atoms with Crippen LogP contribution in [0.4, 0.5) is 4.39 Å². The summed E-state index contributed by atoms with van der Waals surface area (Å²) < 4.78 is 18.7. The van der Waals surface area contributed by atoms with Crippen molar-refractivity contribution in [1.29, 1.82) is 0 Å². The van der Waals surface area contributed by atoms with Gasteiger partial charge in [-0.25, -0.2) is 4.39 Å². The van der Waals surface area contributed by atoms with Crippen LogP contribution in [0.3, 0.4) is 0 Å². The minimum absolute atomic E-state index is 0.162. The molecule has 1 rings (SSSR count). The van der Waals surface area contributed by atoms with Gasteiger partial charge in [0.1, 0.15) is 11.6 Å². The van der Waals surface area contributed by atoms with Crippen LogP contribution in [0.25, 0.3) is 0 Å². The molecule has 0 amide bonds. The van der Waals surface area contributed by atoms with Crippen LogP contribution in [-0.4, -0.2) is 30.0 Å². The monoisotopic (exact) mass is 230 g/mol. The highest BCUT2D eigenvalue weighted by atomic mass is 32.2. The summed E-state index contributed by atoms with van der Waals surface area (Å²) in [4.78, 5) is 0.337.